The Morgan fingerprint density at radius 2 is 1.62 bits per heavy atom. The van der Waals surface area contributed by atoms with Crippen LogP contribution in [0.15, 0.2) is 35.2 Å². The van der Waals surface area contributed by atoms with Gasteiger partial charge in [0.2, 0.25) is 10.0 Å². The minimum absolute atomic E-state index is 0.0847. The predicted octanol–water partition coefficient (Wildman–Crippen LogP) is 3.90. The number of ether oxygens (including phenoxy) is 1. The summed E-state index contributed by atoms with van der Waals surface area (Å²) in [6, 6.07) is 8.19. The van der Waals surface area contributed by atoms with Crippen molar-refractivity contribution in [2.75, 3.05) is 13.7 Å². The SMILES string of the molecule is COC(C)(CNS(=O)(=O)c1c(C)c(C)cc(C)c1C)c1ccccc1F. The molecule has 0 aliphatic carbocycles. The maximum absolute atomic E-state index is 14.2. The first-order valence-electron chi connectivity index (χ1n) is 8.40. The fraction of sp³-hybridized carbons (Fsp3) is 0.400. The summed E-state index contributed by atoms with van der Waals surface area (Å²) in [5, 5.41) is 0. The van der Waals surface area contributed by atoms with Crippen LogP contribution in [0, 0.1) is 33.5 Å². The first-order chi connectivity index (χ1) is 12.0. The molecule has 0 spiro atoms. The van der Waals surface area contributed by atoms with Crippen LogP contribution < -0.4 is 4.72 Å². The highest BCUT2D eigenvalue weighted by Crippen LogP contribution is 2.29. The number of sulfonamides is 1. The summed E-state index contributed by atoms with van der Waals surface area (Å²) in [6.07, 6.45) is 0. The van der Waals surface area contributed by atoms with E-state index in [-0.39, 0.29) is 11.4 Å². The highest BCUT2D eigenvalue weighted by atomic mass is 32.2. The van der Waals surface area contributed by atoms with Crippen molar-refractivity contribution in [3.63, 3.8) is 0 Å². The van der Waals surface area contributed by atoms with Crippen molar-refractivity contribution < 1.29 is 17.5 Å². The minimum Gasteiger partial charge on any atom is -0.372 e. The van der Waals surface area contributed by atoms with Gasteiger partial charge in [0, 0.05) is 19.2 Å². The number of halogens is 1. The van der Waals surface area contributed by atoms with Crippen LogP contribution in [-0.2, 0) is 20.4 Å². The molecule has 6 heteroatoms. The van der Waals surface area contributed by atoms with Gasteiger partial charge < -0.3 is 4.74 Å². The van der Waals surface area contributed by atoms with Crippen molar-refractivity contribution in [3.05, 3.63) is 64.0 Å². The van der Waals surface area contributed by atoms with E-state index < -0.39 is 21.4 Å². The molecule has 0 saturated heterocycles. The predicted molar refractivity (Wildman–Crippen MR) is 101 cm³/mol. The average Bonchev–Trinajstić information content (AvgIpc) is 2.58. The van der Waals surface area contributed by atoms with Gasteiger partial charge in [-0.2, -0.15) is 0 Å². The number of aryl methyl sites for hydroxylation is 2. The lowest BCUT2D eigenvalue weighted by Crippen LogP contribution is -2.41. The van der Waals surface area contributed by atoms with Gasteiger partial charge >= 0.3 is 0 Å². The van der Waals surface area contributed by atoms with E-state index in [2.05, 4.69) is 4.72 Å². The molecule has 0 aliphatic rings. The molecule has 0 amide bonds. The lowest BCUT2D eigenvalue weighted by Gasteiger charge is -2.29. The van der Waals surface area contributed by atoms with Crippen LogP contribution in [0.3, 0.4) is 0 Å². The number of hydrogen-bond donors (Lipinski definition) is 1. The first kappa shape index (κ1) is 20.6. The molecule has 0 aliphatic heterocycles. The van der Waals surface area contributed by atoms with Crippen LogP contribution in [0.25, 0.3) is 0 Å². The second-order valence-corrected chi connectivity index (χ2v) is 8.53. The second kappa shape index (κ2) is 7.47. The molecule has 1 atom stereocenters. The Morgan fingerprint density at radius 1 is 1.08 bits per heavy atom. The molecular formula is C20H26FNO3S. The highest BCUT2D eigenvalue weighted by Gasteiger charge is 2.32. The summed E-state index contributed by atoms with van der Waals surface area (Å²) in [6.45, 7) is 8.94. The maximum Gasteiger partial charge on any atom is 0.241 e. The largest absolute Gasteiger partial charge is 0.372 e. The van der Waals surface area contributed by atoms with Crippen LogP contribution in [0.2, 0.25) is 0 Å². The van der Waals surface area contributed by atoms with Gasteiger partial charge in [-0.25, -0.2) is 17.5 Å². The third kappa shape index (κ3) is 3.82. The quantitative estimate of drug-likeness (QED) is 0.828. The molecule has 1 N–H and O–H groups in total. The van der Waals surface area contributed by atoms with Gasteiger partial charge in [-0.3, -0.25) is 0 Å². The normalized spacial score (nSPS) is 14.3. The Hall–Kier alpha value is -1.76. The van der Waals surface area contributed by atoms with E-state index in [9.17, 15) is 12.8 Å². The Bertz CT molecular complexity index is 899. The van der Waals surface area contributed by atoms with Gasteiger partial charge in [-0.05, 0) is 62.9 Å². The zero-order chi connectivity index (χ0) is 19.7. The fourth-order valence-electron chi connectivity index (χ4n) is 3.06. The summed E-state index contributed by atoms with van der Waals surface area (Å²) in [7, 11) is -2.34. The van der Waals surface area contributed by atoms with Gasteiger partial charge in [-0.15, -0.1) is 0 Å². The van der Waals surface area contributed by atoms with Crippen LogP contribution in [0.4, 0.5) is 4.39 Å². The molecule has 0 aromatic heterocycles. The van der Waals surface area contributed by atoms with Crippen LogP contribution in [0.5, 0.6) is 0 Å². The summed E-state index contributed by atoms with van der Waals surface area (Å²) >= 11 is 0. The number of hydrogen-bond acceptors (Lipinski definition) is 3. The van der Waals surface area contributed by atoms with Crippen LogP contribution in [0.1, 0.15) is 34.7 Å². The zero-order valence-corrected chi connectivity index (χ0v) is 16.9. The summed E-state index contributed by atoms with van der Waals surface area (Å²) in [5.41, 5.74) is 2.43. The molecule has 1 unspecified atom stereocenters. The van der Waals surface area contributed by atoms with Gasteiger partial charge in [0.05, 0.1) is 4.90 Å². The van der Waals surface area contributed by atoms with E-state index in [0.29, 0.717) is 16.7 Å². The third-order valence-corrected chi connectivity index (χ3v) is 6.73. The van der Waals surface area contributed by atoms with Crippen LogP contribution >= 0.6 is 0 Å². The van der Waals surface area contributed by atoms with E-state index in [4.69, 9.17) is 4.74 Å². The van der Waals surface area contributed by atoms with E-state index in [1.165, 1.54) is 13.2 Å². The van der Waals surface area contributed by atoms with E-state index >= 15 is 0 Å². The smallest absolute Gasteiger partial charge is 0.241 e. The second-order valence-electron chi connectivity index (χ2n) is 6.83. The zero-order valence-electron chi connectivity index (χ0n) is 16.1. The minimum atomic E-state index is -3.78. The molecule has 0 heterocycles. The molecule has 26 heavy (non-hydrogen) atoms. The topological polar surface area (TPSA) is 55.4 Å². The Balaban J connectivity index is 2.41. The fourth-order valence-corrected chi connectivity index (χ4v) is 4.79. The average molecular weight is 379 g/mol. The molecule has 0 bridgehead atoms. The Kier molecular flexibility index (Phi) is 5.90. The molecule has 4 nitrogen and oxygen atoms in total. The molecule has 0 fully saturated rings. The number of methoxy groups -OCH3 is 1. The van der Waals surface area contributed by atoms with Crippen molar-refractivity contribution in [2.24, 2.45) is 0 Å². The maximum atomic E-state index is 14.2. The molecule has 2 aromatic rings. The van der Waals surface area contributed by atoms with Gasteiger partial charge in [0.25, 0.3) is 0 Å². The van der Waals surface area contributed by atoms with E-state index in [1.807, 2.05) is 19.9 Å². The van der Waals surface area contributed by atoms with Crippen molar-refractivity contribution in [2.45, 2.75) is 45.1 Å². The number of rotatable bonds is 6. The lowest BCUT2D eigenvalue weighted by atomic mass is 9.95. The van der Waals surface area contributed by atoms with Crippen molar-refractivity contribution in [1.82, 2.24) is 4.72 Å². The Labute approximate surface area is 155 Å². The monoisotopic (exact) mass is 379 g/mol. The molecule has 142 valence electrons. The highest BCUT2D eigenvalue weighted by molar-refractivity contribution is 7.89. The molecule has 0 radical (unpaired) electrons. The summed E-state index contributed by atoms with van der Waals surface area (Å²) < 4.78 is 48.3. The van der Waals surface area contributed by atoms with Gasteiger partial charge in [0.15, 0.2) is 0 Å². The Morgan fingerprint density at radius 3 is 2.12 bits per heavy atom. The molecule has 2 rings (SSSR count). The lowest BCUT2D eigenvalue weighted by molar-refractivity contribution is 0.00410. The number of nitrogens with one attached hydrogen (secondary N) is 1. The van der Waals surface area contributed by atoms with Crippen molar-refractivity contribution in [1.29, 1.82) is 0 Å². The summed E-state index contributed by atoms with van der Waals surface area (Å²) in [5.74, 6) is -0.435. The third-order valence-electron chi connectivity index (χ3n) is 5.06. The summed E-state index contributed by atoms with van der Waals surface area (Å²) in [4.78, 5) is 0.280. The van der Waals surface area contributed by atoms with Gasteiger partial charge in [0.1, 0.15) is 11.4 Å². The standard InChI is InChI=1S/C20H26FNO3S/c1-13-11-14(2)16(4)19(15(13)3)26(23,24)22-12-20(5,25-6)17-9-7-8-10-18(17)21/h7-11,22H,12H2,1-6H3. The molecule has 2 aromatic carbocycles. The molecular weight excluding hydrogens is 353 g/mol. The number of benzene rings is 2. The van der Waals surface area contributed by atoms with Crippen molar-refractivity contribution in [3.8, 4) is 0 Å². The van der Waals surface area contributed by atoms with Crippen LogP contribution in [-0.4, -0.2) is 22.1 Å². The van der Waals surface area contributed by atoms with E-state index in [0.717, 1.165) is 11.1 Å². The molecule has 0 saturated carbocycles. The first-order valence-corrected chi connectivity index (χ1v) is 9.89. The van der Waals surface area contributed by atoms with E-state index in [1.54, 1.807) is 39.0 Å². The van der Waals surface area contributed by atoms with Gasteiger partial charge in [-0.1, -0.05) is 24.3 Å². The van der Waals surface area contributed by atoms with Crippen molar-refractivity contribution >= 4 is 10.0 Å².